The second kappa shape index (κ2) is 4.14. The van der Waals surface area contributed by atoms with E-state index in [1.165, 1.54) is 11.3 Å². The van der Waals surface area contributed by atoms with Crippen molar-refractivity contribution in [3.63, 3.8) is 0 Å². The van der Waals surface area contributed by atoms with E-state index in [0.717, 1.165) is 15.0 Å². The molecule has 72 valence electrons. The first kappa shape index (κ1) is 10.4. The van der Waals surface area contributed by atoms with Crippen LogP contribution in [0.25, 0.3) is 10.6 Å². The molecule has 1 aromatic heterocycles. The lowest BCUT2D eigenvalue weighted by molar-refractivity contribution is 1.09. The SMILES string of the molecule is Clc1ccc(Br)c(-c2nnc(Cl)s2)c1. The van der Waals surface area contributed by atoms with Gasteiger partial charge in [0.1, 0.15) is 5.01 Å². The van der Waals surface area contributed by atoms with Crippen LogP contribution in [0.1, 0.15) is 0 Å². The number of hydrogen-bond acceptors (Lipinski definition) is 3. The second-order valence-electron chi connectivity index (χ2n) is 2.48. The Morgan fingerprint density at radius 1 is 1.21 bits per heavy atom. The highest BCUT2D eigenvalue weighted by Crippen LogP contribution is 2.33. The fourth-order valence-corrected chi connectivity index (χ4v) is 2.57. The van der Waals surface area contributed by atoms with Crippen LogP contribution in [0.15, 0.2) is 22.7 Å². The van der Waals surface area contributed by atoms with E-state index in [9.17, 15) is 0 Å². The lowest BCUT2D eigenvalue weighted by Gasteiger charge is -1.99. The minimum Gasteiger partial charge on any atom is -0.137 e. The first-order chi connectivity index (χ1) is 6.66. The number of aromatic nitrogens is 2. The first-order valence-corrected chi connectivity index (χ1v) is 5.98. The molecule has 0 saturated carbocycles. The zero-order valence-corrected chi connectivity index (χ0v) is 10.6. The summed E-state index contributed by atoms with van der Waals surface area (Å²) in [5.74, 6) is 0. The Balaban J connectivity index is 2.55. The van der Waals surface area contributed by atoms with Gasteiger partial charge in [-0.25, -0.2) is 0 Å². The number of nitrogens with zero attached hydrogens (tertiary/aromatic N) is 2. The van der Waals surface area contributed by atoms with Crippen molar-refractivity contribution in [2.24, 2.45) is 0 Å². The van der Waals surface area contributed by atoms with Crippen LogP contribution in [-0.4, -0.2) is 10.2 Å². The van der Waals surface area contributed by atoms with E-state index < -0.39 is 0 Å². The van der Waals surface area contributed by atoms with Crippen molar-refractivity contribution < 1.29 is 0 Å². The number of benzene rings is 1. The first-order valence-electron chi connectivity index (χ1n) is 3.61. The lowest BCUT2D eigenvalue weighted by atomic mass is 10.2. The van der Waals surface area contributed by atoms with Gasteiger partial charge in [-0.2, -0.15) is 0 Å². The van der Waals surface area contributed by atoms with E-state index in [4.69, 9.17) is 23.2 Å². The molecule has 0 spiro atoms. The minimum atomic E-state index is 0.423. The summed E-state index contributed by atoms with van der Waals surface area (Å²) in [6.45, 7) is 0. The van der Waals surface area contributed by atoms with Crippen LogP contribution in [0.5, 0.6) is 0 Å². The third kappa shape index (κ3) is 2.08. The van der Waals surface area contributed by atoms with Crippen molar-refractivity contribution in [1.82, 2.24) is 10.2 Å². The van der Waals surface area contributed by atoms with Gasteiger partial charge in [0.25, 0.3) is 0 Å². The average molecular weight is 310 g/mol. The van der Waals surface area contributed by atoms with Gasteiger partial charge < -0.3 is 0 Å². The predicted octanol–water partition coefficient (Wildman–Crippen LogP) is 4.27. The van der Waals surface area contributed by atoms with Gasteiger partial charge in [0.15, 0.2) is 0 Å². The predicted molar refractivity (Wildman–Crippen MR) is 63.1 cm³/mol. The maximum absolute atomic E-state index is 5.88. The summed E-state index contributed by atoms with van der Waals surface area (Å²) < 4.78 is 1.35. The smallest absolute Gasteiger partial charge is 0.137 e. The van der Waals surface area contributed by atoms with Crippen molar-refractivity contribution in [3.05, 3.63) is 32.2 Å². The molecule has 0 amide bonds. The molecule has 1 aromatic carbocycles. The molecule has 0 unspecified atom stereocenters. The average Bonchev–Trinajstić information content (AvgIpc) is 2.56. The highest BCUT2D eigenvalue weighted by molar-refractivity contribution is 9.10. The molecule has 0 saturated heterocycles. The molecule has 0 fully saturated rings. The molecule has 0 aliphatic heterocycles. The quantitative estimate of drug-likeness (QED) is 0.786. The van der Waals surface area contributed by atoms with Gasteiger partial charge in [0.2, 0.25) is 4.47 Å². The maximum Gasteiger partial charge on any atom is 0.207 e. The third-order valence-corrected chi connectivity index (χ3v) is 3.54. The Kier molecular flexibility index (Phi) is 3.07. The second-order valence-corrected chi connectivity index (χ2v) is 5.33. The van der Waals surface area contributed by atoms with Crippen molar-refractivity contribution >= 4 is 50.5 Å². The van der Waals surface area contributed by atoms with Gasteiger partial charge in [-0.1, -0.05) is 38.9 Å². The zero-order valence-electron chi connectivity index (χ0n) is 6.67. The van der Waals surface area contributed by atoms with Gasteiger partial charge in [0.05, 0.1) is 0 Å². The molecular weight excluding hydrogens is 307 g/mol. The van der Waals surface area contributed by atoms with Crippen molar-refractivity contribution in [2.45, 2.75) is 0 Å². The number of hydrogen-bond donors (Lipinski definition) is 0. The molecular formula is C8H3BrCl2N2S. The molecule has 0 aliphatic carbocycles. The number of rotatable bonds is 1. The van der Waals surface area contributed by atoms with E-state index >= 15 is 0 Å². The Bertz CT molecular complexity index is 472. The van der Waals surface area contributed by atoms with E-state index in [1.54, 1.807) is 6.07 Å². The molecule has 14 heavy (non-hydrogen) atoms. The van der Waals surface area contributed by atoms with Crippen molar-refractivity contribution in [1.29, 1.82) is 0 Å². The summed E-state index contributed by atoms with van der Waals surface area (Å²) in [6.07, 6.45) is 0. The van der Waals surface area contributed by atoms with Crippen molar-refractivity contribution in [3.8, 4) is 10.6 Å². The van der Waals surface area contributed by atoms with E-state index in [1.807, 2.05) is 12.1 Å². The molecule has 0 bridgehead atoms. The van der Waals surface area contributed by atoms with Crippen LogP contribution >= 0.6 is 50.5 Å². The zero-order chi connectivity index (χ0) is 10.1. The molecule has 2 aromatic rings. The Morgan fingerprint density at radius 3 is 2.64 bits per heavy atom. The largest absolute Gasteiger partial charge is 0.207 e. The Labute approximate surface area is 103 Å². The maximum atomic E-state index is 5.88. The lowest BCUT2D eigenvalue weighted by Crippen LogP contribution is -1.79. The molecule has 0 atom stereocenters. The Hall–Kier alpha value is -0.160. The fourth-order valence-electron chi connectivity index (χ4n) is 0.976. The molecule has 2 nitrogen and oxygen atoms in total. The van der Waals surface area contributed by atoms with Gasteiger partial charge >= 0.3 is 0 Å². The van der Waals surface area contributed by atoms with Gasteiger partial charge in [-0.05, 0) is 29.8 Å². The standard InChI is InChI=1S/C8H3BrCl2N2S/c9-6-2-1-4(10)3-5(6)7-12-13-8(11)14-7/h1-3H. The summed E-state index contributed by atoms with van der Waals surface area (Å²) in [5, 5.41) is 9.09. The normalized spacial score (nSPS) is 10.5. The third-order valence-electron chi connectivity index (χ3n) is 1.56. The molecule has 1 heterocycles. The van der Waals surface area contributed by atoms with Gasteiger partial charge in [-0.3, -0.25) is 0 Å². The minimum absolute atomic E-state index is 0.423. The molecule has 0 N–H and O–H groups in total. The van der Waals surface area contributed by atoms with Crippen LogP contribution in [0, 0.1) is 0 Å². The van der Waals surface area contributed by atoms with E-state index in [-0.39, 0.29) is 0 Å². The van der Waals surface area contributed by atoms with Crippen LogP contribution in [0.4, 0.5) is 0 Å². The van der Waals surface area contributed by atoms with Crippen LogP contribution in [0.2, 0.25) is 9.49 Å². The summed E-state index contributed by atoms with van der Waals surface area (Å²) in [6, 6.07) is 5.49. The fraction of sp³-hybridized carbons (Fsp3) is 0. The van der Waals surface area contributed by atoms with Crippen LogP contribution in [0.3, 0.4) is 0 Å². The van der Waals surface area contributed by atoms with Gasteiger partial charge in [0, 0.05) is 15.1 Å². The highest BCUT2D eigenvalue weighted by atomic mass is 79.9. The molecule has 2 rings (SSSR count). The van der Waals surface area contributed by atoms with Gasteiger partial charge in [-0.15, -0.1) is 10.2 Å². The Morgan fingerprint density at radius 2 is 2.00 bits per heavy atom. The van der Waals surface area contributed by atoms with Crippen molar-refractivity contribution in [2.75, 3.05) is 0 Å². The number of halogens is 3. The summed E-state index contributed by atoms with van der Waals surface area (Å²) in [7, 11) is 0. The van der Waals surface area contributed by atoms with Crippen LogP contribution in [-0.2, 0) is 0 Å². The molecule has 0 aliphatic rings. The molecule has 6 heteroatoms. The topological polar surface area (TPSA) is 25.8 Å². The summed E-state index contributed by atoms with van der Waals surface area (Å²) >= 11 is 16.3. The summed E-state index contributed by atoms with van der Waals surface area (Å²) in [5.41, 5.74) is 0.905. The van der Waals surface area contributed by atoms with Crippen LogP contribution < -0.4 is 0 Å². The van der Waals surface area contributed by atoms with E-state index in [0.29, 0.717) is 9.49 Å². The monoisotopic (exact) mass is 308 g/mol. The molecule has 0 radical (unpaired) electrons. The highest BCUT2D eigenvalue weighted by Gasteiger charge is 2.09. The van der Waals surface area contributed by atoms with E-state index in [2.05, 4.69) is 26.1 Å². The summed E-state index contributed by atoms with van der Waals surface area (Å²) in [4.78, 5) is 0.